The maximum Gasteiger partial charge on any atom is 0.352 e. The number of esters is 1. The minimum absolute atomic E-state index is 0.263. The molecule has 0 aliphatic carbocycles. The summed E-state index contributed by atoms with van der Waals surface area (Å²) >= 11 is 0. The van der Waals surface area contributed by atoms with Crippen molar-refractivity contribution in [1.29, 1.82) is 0 Å². The first kappa shape index (κ1) is 14.2. The highest BCUT2D eigenvalue weighted by Gasteiger charge is 2.24. The number of H-pyrrole nitrogens is 1. The van der Waals surface area contributed by atoms with E-state index >= 15 is 0 Å². The lowest BCUT2D eigenvalue weighted by Gasteiger charge is -2.10. The summed E-state index contributed by atoms with van der Waals surface area (Å²) in [4.78, 5) is 23.7. The number of carboxylic acids is 1. The Morgan fingerprint density at radius 3 is 2.56 bits per heavy atom. The quantitative estimate of drug-likeness (QED) is 0.625. The minimum atomic E-state index is -3.97. The molecule has 1 atom stereocenters. The highest BCUT2D eigenvalue weighted by Crippen LogP contribution is 2.11. The topological polar surface area (TPSA) is 126 Å². The first-order valence-electron chi connectivity index (χ1n) is 4.80. The highest BCUT2D eigenvalue weighted by atomic mass is 32.2. The van der Waals surface area contributed by atoms with Gasteiger partial charge in [-0.1, -0.05) is 0 Å². The van der Waals surface area contributed by atoms with Crippen molar-refractivity contribution in [2.45, 2.75) is 17.9 Å². The molecular formula is C9H12N2O6S. The van der Waals surface area contributed by atoms with Crippen LogP contribution in [0, 0.1) is 0 Å². The SMILES string of the molecule is COC(=O)[C@H](C)NS(=O)(=O)c1c[nH]c(C(=O)O)c1. The van der Waals surface area contributed by atoms with Gasteiger partial charge < -0.3 is 14.8 Å². The predicted molar refractivity (Wildman–Crippen MR) is 59.6 cm³/mol. The second-order valence-corrected chi connectivity index (χ2v) is 5.13. The third kappa shape index (κ3) is 3.08. The summed E-state index contributed by atoms with van der Waals surface area (Å²) < 4.78 is 30.0. The molecule has 0 fully saturated rings. The molecule has 1 aromatic heterocycles. The number of sulfonamides is 1. The van der Waals surface area contributed by atoms with E-state index in [-0.39, 0.29) is 10.6 Å². The first-order valence-corrected chi connectivity index (χ1v) is 6.28. The maximum atomic E-state index is 11.8. The summed E-state index contributed by atoms with van der Waals surface area (Å²) in [5.41, 5.74) is -0.263. The van der Waals surface area contributed by atoms with Gasteiger partial charge in [0.05, 0.1) is 7.11 Å². The molecule has 8 nitrogen and oxygen atoms in total. The molecule has 0 unspecified atom stereocenters. The van der Waals surface area contributed by atoms with Crippen LogP contribution in [0.3, 0.4) is 0 Å². The lowest BCUT2D eigenvalue weighted by atomic mass is 10.4. The van der Waals surface area contributed by atoms with Crippen molar-refractivity contribution < 1.29 is 27.9 Å². The Morgan fingerprint density at radius 1 is 1.50 bits per heavy atom. The van der Waals surface area contributed by atoms with Gasteiger partial charge in [0.25, 0.3) is 0 Å². The summed E-state index contributed by atoms with van der Waals surface area (Å²) in [6, 6.07) is -0.113. The average Bonchev–Trinajstić information content (AvgIpc) is 2.77. The van der Waals surface area contributed by atoms with E-state index in [1.54, 1.807) is 0 Å². The summed E-state index contributed by atoms with van der Waals surface area (Å²) in [5, 5.41) is 8.65. The van der Waals surface area contributed by atoms with Crippen molar-refractivity contribution in [3.05, 3.63) is 18.0 Å². The molecule has 0 spiro atoms. The van der Waals surface area contributed by atoms with Crippen molar-refractivity contribution in [1.82, 2.24) is 9.71 Å². The molecule has 1 heterocycles. The fourth-order valence-corrected chi connectivity index (χ4v) is 2.36. The third-order valence-electron chi connectivity index (χ3n) is 2.08. The number of hydrogen-bond donors (Lipinski definition) is 3. The van der Waals surface area contributed by atoms with Crippen molar-refractivity contribution in [3.8, 4) is 0 Å². The molecule has 100 valence electrons. The molecule has 0 amide bonds. The number of rotatable bonds is 5. The molecule has 18 heavy (non-hydrogen) atoms. The number of aromatic nitrogens is 1. The van der Waals surface area contributed by atoms with Gasteiger partial charge in [0.15, 0.2) is 0 Å². The van der Waals surface area contributed by atoms with E-state index in [0.29, 0.717) is 0 Å². The van der Waals surface area contributed by atoms with E-state index in [4.69, 9.17) is 5.11 Å². The summed E-state index contributed by atoms with van der Waals surface area (Å²) in [6.45, 7) is 1.31. The fraction of sp³-hybridized carbons (Fsp3) is 0.333. The van der Waals surface area contributed by atoms with Crippen LogP contribution in [0.2, 0.25) is 0 Å². The number of aromatic amines is 1. The Morgan fingerprint density at radius 2 is 2.11 bits per heavy atom. The molecule has 0 bridgehead atoms. The Hall–Kier alpha value is -1.87. The Labute approximate surface area is 103 Å². The second kappa shape index (κ2) is 5.19. The van der Waals surface area contributed by atoms with Crippen LogP contribution >= 0.6 is 0 Å². The summed E-state index contributed by atoms with van der Waals surface area (Å²) in [5.74, 6) is -2.02. The minimum Gasteiger partial charge on any atom is -0.477 e. The number of methoxy groups -OCH3 is 1. The second-order valence-electron chi connectivity index (χ2n) is 3.42. The summed E-state index contributed by atoms with van der Waals surface area (Å²) in [6.07, 6.45) is 1.02. The van der Waals surface area contributed by atoms with Crippen LogP contribution in [-0.4, -0.2) is 43.6 Å². The largest absolute Gasteiger partial charge is 0.477 e. The number of carboxylic acid groups (broad SMARTS) is 1. The van der Waals surface area contributed by atoms with Gasteiger partial charge in [-0.3, -0.25) is 4.79 Å². The van der Waals surface area contributed by atoms with E-state index in [1.807, 2.05) is 0 Å². The predicted octanol–water partition coefficient (Wildman–Crippen LogP) is -0.447. The third-order valence-corrected chi connectivity index (χ3v) is 3.60. The van der Waals surface area contributed by atoms with Crippen molar-refractivity contribution in [2.75, 3.05) is 7.11 Å². The van der Waals surface area contributed by atoms with Gasteiger partial charge in [-0.05, 0) is 13.0 Å². The van der Waals surface area contributed by atoms with Crippen LogP contribution in [0.25, 0.3) is 0 Å². The Balaban J connectivity index is 2.92. The normalized spacial score (nSPS) is 13.0. The molecule has 1 rings (SSSR count). The lowest BCUT2D eigenvalue weighted by Crippen LogP contribution is -2.38. The smallest absolute Gasteiger partial charge is 0.352 e. The number of nitrogens with one attached hydrogen (secondary N) is 2. The van der Waals surface area contributed by atoms with Gasteiger partial charge in [0.1, 0.15) is 16.6 Å². The maximum absolute atomic E-state index is 11.8. The van der Waals surface area contributed by atoms with Gasteiger partial charge in [0.2, 0.25) is 10.0 Å². The Kier molecular flexibility index (Phi) is 4.09. The van der Waals surface area contributed by atoms with Gasteiger partial charge in [-0.2, -0.15) is 4.72 Å². The zero-order valence-electron chi connectivity index (χ0n) is 9.63. The standard InChI is InChI=1S/C9H12N2O6S/c1-5(9(14)17-2)11-18(15,16)6-3-7(8(12)13)10-4-6/h3-5,10-11H,1-2H3,(H,12,13)/t5-/m0/s1. The number of aromatic carboxylic acids is 1. The molecule has 0 aliphatic rings. The van der Waals surface area contributed by atoms with Crippen LogP contribution in [0.4, 0.5) is 0 Å². The zero-order chi connectivity index (χ0) is 13.9. The molecule has 0 radical (unpaired) electrons. The number of carbonyl (C=O) groups excluding carboxylic acids is 1. The number of hydrogen-bond acceptors (Lipinski definition) is 5. The van der Waals surface area contributed by atoms with Gasteiger partial charge in [0, 0.05) is 6.20 Å². The number of carbonyl (C=O) groups is 2. The van der Waals surface area contributed by atoms with Crippen molar-refractivity contribution >= 4 is 22.0 Å². The van der Waals surface area contributed by atoms with E-state index in [0.717, 1.165) is 19.4 Å². The monoisotopic (exact) mass is 276 g/mol. The molecule has 0 saturated carbocycles. The molecule has 1 aromatic rings. The van der Waals surface area contributed by atoms with Crippen LogP contribution in [0.15, 0.2) is 17.2 Å². The highest BCUT2D eigenvalue weighted by molar-refractivity contribution is 7.89. The molecule has 9 heteroatoms. The Bertz CT molecular complexity index is 561. The van der Waals surface area contributed by atoms with Crippen molar-refractivity contribution in [3.63, 3.8) is 0 Å². The van der Waals surface area contributed by atoms with Crippen LogP contribution < -0.4 is 4.72 Å². The van der Waals surface area contributed by atoms with E-state index < -0.39 is 28.0 Å². The lowest BCUT2D eigenvalue weighted by molar-refractivity contribution is -0.142. The van der Waals surface area contributed by atoms with E-state index in [1.165, 1.54) is 6.92 Å². The first-order chi connectivity index (χ1) is 8.27. The fourth-order valence-electron chi connectivity index (χ4n) is 1.18. The number of ether oxygens (including phenoxy) is 1. The molecule has 0 saturated heterocycles. The van der Waals surface area contributed by atoms with Gasteiger partial charge in [-0.25, -0.2) is 13.2 Å². The molecule has 0 aromatic carbocycles. The zero-order valence-corrected chi connectivity index (χ0v) is 10.4. The summed E-state index contributed by atoms with van der Waals surface area (Å²) in [7, 11) is -2.84. The molecule has 0 aliphatic heterocycles. The van der Waals surface area contributed by atoms with E-state index in [9.17, 15) is 18.0 Å². The van der Waals surface area contributed by atoms with Gasteiger partial charge >= 0.3 is 11.9 Å². The molecular weight excluding hydrogens is 264 g/mol. The average molecular weight is 276 g/mol. The van der Waals surface area contributed by atoms with Crippen LogP contribution in [0.1, 0.15) is 17.4 Å². The van der Waals surface area contributed by atoms with Gasteiger partial charge in [-0.15, -0.1) is 0 Å². The molecule has 3 N–H and O–H groups in total. The van der Waals surface area contributed by atoms with Crippen LogP contribution in [-0.2, 0) is 19.6 Å². The van der Waals surface area contributed by atoms with E-state index in [2.05, 4.69) is 14.4 Å². The van der Waals surface area contributed by atoms with Crippen molar-refractivity contribution in [2.24, 2.45) is 0 Å². The van der Waals surface area contributed by atoms with Crippen LogP contribution in [0.5, 0.6) is 0 Å².